The van der Waals surface area contributed by atoms with Gasteiger partial charge in [-0.15, -0.1) is 11.8 Å². The summed E-state index contributed by atoms with van der Waals surface area (Å²) in [5, 5.41) is 0. The summed E-state index contributed by atoms with van der Waals surface area (Å²) in [6, 6.07) is 10.1. The van der Waals surface area contributed by atoms with Crippen LogP contribution < -0.4 is 0 Å². The summed E-state index contributed by atoms with van der Waals surface area (Å²) in [4.78, 5) is 9.82. The van der Waals surface area contributed by atoms with Gasteiger partial charge in [0, 0.05) is 17.3 Å². The second-order valence-electron chi connectivity index (χ2n) is 5.04. The Kier molecular flexibility index (Phi) is 4.59. The molecule has 0 saturated carbocycles. The van der Waals surface area contributed by atoms with Gasteiger partial charge in [0.2, 0.25) is 5.89 Å². The molecule has 0 aliphatic carbocycles. The van der Waals surface area contributed by atoms with Crippen LogP contribution in [0.15, 0.2) is 58.1 Å². The maximum atomic E-state index is 5.92. The molecule has 1 unspecified atom stereocenters. The van der Waals surface area contributed by atoms with E-state index in [4.69, 9.17) is 4.42 Å². The molecule has 0 spiro atoms. The fourth-order valence-corrected chi connectivity index (χ4v) is 2.87. The average Bonchev–Trinajstić information content (AvgIpc) is 2.97. The highest BCUT2D eigenvalue weighted by molar-refractivity contribution is 7.99. The Hall–Kier alpha value is -2.07. The zero-order chi connectivity index (χ0) is 15.4. The van der Waals surface area contributed by atoms with E-state index < -0.39 is 0 Å². The zero-order valence-corrected chi connectivity index (χ0v) is 13.5. The lowest BCUT2D eigenvalue weighted by Crippen LogP contribution is -1.88. The van der Waals surface area contributed by atoms with Gasteiger partial charge < -0.3 is 4.42 Å². The highest BCUT2D eigenvalue weighted by Crippen LogP contribution is 2.27. The van der Waals surface area contributed by atoms with Crippen molar-refractivity contribution >= 4 is 28.9 Å². The van der Waals surface area contributed by atoms with E-state index in [2.05, 4.69) is 48.1 Å². The van der Waals surface area contributed by atoms with Crippen molar-refractivity contribution in [2.24, 2.45) is 0 Å². The third-order valence-corrected chi connectivity index (χ3v) is 4.24. The second-order valence-corrected chi connectivity index (χ2v) is 6.38. The number of hydrogen-bond acceptors (Lipinski definition) is 4. The molecule has 1 atom stereocenters. The molecule has 0 aliphatic heterocycles. The maximum Gasteiger partial charge on any atom is 0.202 e. The van der Waals surface area contributed by atoms with Crippen LogP contribution in [0.5, 0.6) is 0 Å². The largest absolute Gasteiger partial charge is 0.440 e. The van der Waals surface area contributed by atoms with Crippen molar-refractivity contribution in [1.82, 2.24) is 9.97 Å². The fraction of sp³-hybridized carbons (Fsp3) is 0.222. The van der Waals surface area contributed by atoms with E-state index in [1.54, 1.807) is 12.4 Å². The summed E-state index contributed by atoms with van der Waals surface area (Å²) in [6.45, 7) is 4.23. The Bertz CT molecular complexity index is 780. The molecule has 0 bridgehead atoms. The van der Waals surface area contributed by atoms with Crippen molar-refractivity contribution in [3.8, 4) is 0 Å². The van der Waals surface area contributed by atoms with Crippen LogP contribution in [0.4, 0.5) is 0 Å². The highest BCUT2D eigenvalue weighted by Gasteiger charge is 2.11. The Morgan fingerprint density at radius 2 is 2.05 bits per heavy atom. The fourth-order valence-electron chi connectivity index (χ4n) is 2.19. The van der Waals surface area contributed by atoms with Crippen LogP contribution in [0.2, 0.25) is 0 Å². The molecule has 2 heterocycles. The first kappa shape index (κ1) is 14.9. The number of thioether (sulfide) groups is 1. The molecule has 0 saturated heterocycles. The van der Waals surface area contributed by atoms with Gasteiger partial charge >= 0.3 is 0 Å². The number of benzene rings is 1. The van der Waals surface area contributed by atoms with Crippen molar-refractivity contribution in [3.05, 3.63) is 60.3 Å². The topological polar surface area (TPSA) is 38.9 Å². The van der Waals surface area contributed by atoms with Gasteiger partial charge in [-0.25, -0.2) is 4.98 Å². The molecule has 0 amide bonds. The van der Waals surface area contributed by atoms with Gasteiger partial charge in [-0.1, -0.05) is 26.0 Å². The van der Waals surface area contributed by atoms with E-state index >= 15 is 0 Å². The monoisotopic (exact) mass is 310 g/mol. The predicted molar refractivity (Wildman–Crippen MR) is 92.1 cm³/mol. The van der Waals surface area contributed by atoms with Crippen LogP contribution in [0, 0.1) is 0 Å². The van der Waals surface area contributed by atoms with E-state index in [0.29, 0.717) is 0 Å². The number of rotatable bonds is 5. The van der Waals surface area contributed by atoms with Gasteiger partial charge in [0.25, 0.3) is 0 Å². The van der Waals surface area contributed by atoms with Crippen LogP contribution in [-0.2, 0) is 0 Å². The van der Waals surface area contributed by atoms with Crippen LogP contribution >= 0.6 is 11.8 Å². The van der Waals surface area contributed by atoms with Gasteiger partial charge in [-0.05, 0) is 41.6 Å². The predicted octanol–water partition coefficient (Wildman–Crippen LogP) is 5.15. The summed E-state index contributed by atoms with van der Waals surface area (Å²) < 4.78 is 5.92. The van der Waals surface area contributed by atoms with Crippen LogP contribution in [0.25, 0.3) is 17.2 Å². The minimum Gasteiger partial charge on any atom is -0.440 e. The van der Waals surface area contributed by atoms with Crippen molar-refractivity contribution < 1.29 is 4.42 Å². The SMILES string of the molecule is CCSc1ccc2nc(C(C)/C=C/c3ccncc3)oc2c1. The molecule has 1 aromatic carbocycles. The number of fused-ring (bicyclic) bond motifs is 1. The lowest BCUT2D eigenvalue weighted by Gasteiger charge is -1.99. The molecule has 4 heteroatoms. The molecule has 0 aliphatic rings. The smallest absolute Gasteiger partial charge is 0.202 e. The molecular weight excluding hydrogens is 292 g/mol. The van der Waals surface area contributed by atoms with Crippen LogP contribution in [0.1, 0.15) is 31.2 Å². The second kappa shape index (κ2) is 6.79. The van der Waals surface area contributed by atoms with Gasteiger partial charge in [-0.2, -0.15) is 0 Å². The first-order valence-electron chi connectivity index (χ1n) is 7.38. The molecule has 0 N–H and O–H groups in total. The van der Waals surface area contributed by atoms with Crippen molar-refractivity contribution in [2.75, 3.05) is 5.75 Å². The molecule has 2 aromatic heterocycles. The Balaban J connectivity index is 1.81. The molecule has 0 fully saturated rings. The Labute approximate surface area is 134 Å². The third kappa shape index (κ3) is 3.39. The Morgan fingerprint density at radius 3 is 2.82 bits per heavy atom. The van der Waals surface area contributed by atoms with E-state index in [0.717, 1.165) is 28.3 Å². The number of allylic oxidation sites excluding steroid dienone is 1. The minimum absolute atomic E-state index is 0.128. The van der Waals surface area contributed by atoms with Gasteiger partial charge in [0.15, 0.2) is 5.58 Å². The average molecular weight is 310 g/mol. The standard InChI is InChI=1S/C18H18N2OS/c1-3-22-15-6-7-16-17(12-15)21-18(20-16)13(2)4-5-14-8-10-19-11-9-14/h4-13H,3H2,1-2H3/b5-4+. The quantitative estimate of drug-likeness (QED) is 0.611. The number of hydrogen-bond donors (Lipinski definition) is 0. The number of oxazole rings is 1. The molecule has 112 valence electrons. The summed E-state index contributed by atoms with van der Waals surface area (Å²) in [5.41, 5.74) is 2.90. The summed E-state index contributed by atoms with van der Waals surface area (Å²) in [5.74, 6) is 1.93. The van der Waals surface area contributed by atoms with Gasteiger partial charge in [0.1, 0.15) is 5.52 Å². The molecule has 0 radical (unpaired) electrons. The molecule has 3 aromatic rings. The molecule has 22 heavy (non-hydrogen) atoms. The van der Waals surface area contributed by atoms with Gasteiger partial charge in [0.05, 0.1) is 5.92 Å². The van der Waals surface area contributed by atoms with E-state index in [1.165, 1.54) is 4.90 Å². The van der Waals surface area contributed by atoms with Crippen LogP contribution in [0.3, 0.4) is 0 Å². The summed E-state index contributed by atoms with van der Waals surface area (Å²) >= 11 is 1.81. The lowest BCUT2D eigenvalue weighted by molar-refractivity contribution is 0.517. The normalized spacial score (nSPS) is 13.0. The molecule has 3 rings (SSSR count). The first-order chi connectivity index (χ1) is 10.8. The number of aromatic nitrogens is 2. The maximum absolute atomic E-state index is 5.92. The summed E-state index contributed by atoms with van der Waals surface area (Å²) in [6.07, 6.45) is 7.74. The molecule has 3 nitrogen and oxygen atoms in total. The first-order valence-corrected chi connectivity index (χ1v) is 8.36. The summed E-state index contributed by atoms with van der Waals surface area (Å²) in [7, 11) is 0. The number of pyridine rings is 1. The van der Waals surface area contributed by atoms with Crippen molar-refractivity contribution in [2.45, 2.75) is 24.7 Å². The Morgan fingerprint density at radius 1 is 1.23 bits per heavy atom. The number of nitrogens with zero attached hydrogens (tertiary/aromatic N) is 2. The van der Waals surface area contributed by atoms with E-state index in [1.807, 2.05) is 30.0 Å². The highest BCUT2D eigenvalue weighted by atomic mass is 32.2. The van der Waals surface area contributed by atoms with E-state index in [9.17, 15) is 0 Å². The third-order valence-electron chi connectivity index (χ3n) is 3.36. The van der Waals surface area contributed by atoms with E-state index in [-0.39, 0.29) is 5.92 Å². The van der Waals surface area contributed by atoms with Crippen molar-refractivity contribution in [1.29, 1.82) is 0 Å². The zero-order valence-electron chi connectivity index (χ0n) is 12.7. The minimum atomic E-state index is 0.128. The molecular formula is C18H18N2OS. The lowest BCUT2D eigenvalue weighted by atomic mass is 10.1. The van der Waals surface area contributed by atoms with Crippen LogP contribution in [-0.4, -0.2) is 15.7 Å². The van der Waals surface area contributed by atoms with Crippen molar-refractivity contribution in [3.63, 3.8) is 0 Å². The van der Waals surface area contributed by atoms with Gasteiger partial charge in [-0.3, -0.25) is 4.98 Å².